The van der Waals surface area contributed by atoms with E-state index in [0.717, 1.165) is 19.4 Å². The second-order valence-corrected chi connectivity index (χ2v) is 7.15. The standard InChI is InChI=1S/C13H19NO2S/c1-11-4-6-12(7-5-11)9-14-10-13-3-2-8-17(13,15)16/h4-7,13-14H,2-3,8-10H2,1H3. The molecule has 0 amide bonds. The molecule has 0 spiro atoms. The summed E-state index contributed by atoms with van der Waals surface area (Å²) in [4.78, 5) is 0. The fourth-order valence-electron chi connectivity index (χ4n) is 2.17. The molecule has 4 heteroatoms. The molecule has 1 aromatic rings. The first-order valence-corrected chi connectivity index (χ1v) is 7.77. The van der Waals surface area contributed by atoms with Crippen molar-refractivity contribution in [3.05, 3.63) is 35.4 Å². The van der Waals surface area contributed by atoms with Gasteiger partial charge in [0.05, 0.1) is 11.0 Å². The highest BCUT2D eigenvalue weighted by atomic mass is 32.2. The van der Waals surface area contributed by atoms with Gasteiger partial charge in [0.25, 0.3) is 0 Å². The summed E-state index contributed by atoms with van der Waals surface area (Å²) in [6.45, 7) is 3.38. The first-order chi connectivity index (χ1) is 8.08. The summed E-state index contributed by atoms with van der Waals surface area (Å²) in [6, 6.07) is 8.30. The fraction of sp³-hybridized carbons (Fsp3) is 0.538. The molecule has 0 saturated carbocycles. The fourth-order valence-corrected chi connectivity index (χ4v) is 3.97. The molecule has 1 unspecified atom stereocenters. The minimum absolute atomic E-state index is 0.173. The molecule has 0 radical (unpaired) electrons. The SMILES string of the molecule is Cc1ccc(CNCC2CCCS2(=O)=O)cc1. The van der Waals surface area contributed by atoms with Crippen LogP contribution in [0.4, 0.5) is 0 Å². The van der Waals surface area contributed by atoms with Gasteiger partial charge in [-0.3, -0.25) is 0 Å². The molecule has 0 aliphatic carbocycles. The second kappa shape index (κ2) is 5.19. The summed E-state index contributed by atoms with van der Waals surface area (Å²) in [5, 5.41) is 3.07. The van der Waals surface area contributed by atoms with E-state index in [9.17, 15) is 8.42 Å². The Kier molecular flexibility index (Phi) is 3.84. The maximum Gasteiger partial charge on any atom is 0.154 e. The Morgan fingerprint density at radius 2 is 2.00 bits per heavy atom. The van der Waals surface area contributed by atoms with Crippen molar-refractivity contribution in [2.75, 3.05) is 12.3 Å². The summed E-state index contributed by atoms with van der Waals surface area (Å²) in [7, 11) is -2.81. The summed E-state index contributed by atoms with van der Waals surface area (Å²) in [6.07, 6.45) is 1.63. The first-order valence-electron chi connectivity index (χ1n) is 6.06. The monoisotopic (exact) mass is 253 g/mol. The predicted molar refractivity (Wildman–Crippen MR) is 69.7 cm³/mol. The Morgan fingerprint density at radius 1 is 1.29 bits per heavy atom. The van der Waals surface area contributed by atoms with Gasteiger partial charge in [-0.2, -0.15) is 0 Å². The van der Waals surface area contributed by atoms with E-state index in [1.54, 1.807) is 0 Å². The summed E-state index contributed by atoms with van der Waals surface area (Å²) in [5.74, 6) is 0.365. The lowest BCUT2D eigenvalue weighted by Crippen LogP contribution is -2.30. The molecule has 1 aromatic carbocycles. The van der Waals surface area contributed by atoms with E-state index < -0.39 is 9.84 Å². The van der Waals surface area contributed by atoms with Crippen LogP contribution in [0.3, 0.4) is 0 Å². The van der Waals surface area contributed by atoms with Crippen LogP contribution < -0.4 is 5.32 Å². The Labute approximate surface area is 103 Å². The van der Waals surface area contributed by atoms with Crippen LogP contribution in [0.1, 0.15) is 24.0 Å². The molecule has 1 fully saturated rings. The molecular weight excluding hydrogens is 234 g/mol. The van der Waals surface area contributed by atoms with Crippen molar-refractivity contribution >= 4 is 9.84 Å². The van der Waals surface area contributed by atoms with Crippen molar-refractivity contribution in [3.8, 4) is 0 Å². The lowest BCUT2D eigenvalue weighted by molar-refractivity contribution is 0.574. The highest BCUT2D eigenvalue weighted by Gasteiger charge is 2.30. The van der Waals surface area contributed by atoms with Crippen LogP contribution in [0.15, 0.2) is 24.3 Å². The number of aryl methyl sites for hydroxylation is 1. The maximum atomic E-state index is 11.6. The van der Waals surface area contributed by atoms with Crippen molar-refractivity contribution in [1.29, 1.82) is 0 Å². The van der Waals surface area contributed by atoms with Crippen molar-refractivity contribution < 1.29 is 8.42 Å². The molecule has 1 N–H and O–H groups in total. The molecule has 1 saturated heterocycles. The van der Waals surface area contributed by atoms with Crippen molar-refractivity contribution in [3.63, 3.8) is 0 Å². The van der Waals surface area contributed by atoms with Gasteiger partial charge in [0.15, 0.2) is 9.84 Å². The van der Waals surface area contributed by atoms with Crippen LogP contribution in [0.2, 0.25) is 0 Å². The van der Waals surface area contributed by atoms with Gasteiger partial charge in [-0.25, -0.2) is 8.42 Å². The van der Waals surface area contributed by atoms with Gasteiger partial charge in [0.1, 0.15) is 0 Å². The molecule has 1 aliphatic heterocycles. The van der Waals surface area contributed by atoms with E-state index in [4.69, 9.17) is 0 Å². The summed E-state index contributed by atoms with van der Waals surface area (Å²) >= 11 is 0. The molecule has 0 aromatic heterocycles. The average Bonchev–Trinajstić information content (AvgIpc) is 2.61. The Balaban J connectivity index is 1.82. The molecule has 94 valence electrons. The van der Waals surface area contributed by atoms with Gasteiger partial charge < -0.3 is 5.32 Å². The molecule has 1 aliphatic rings. The van der Waals surface area contributed by atoms with Gasteiger partial charge in [0, 0.05) is 13.1 Å². The Bertz CT molecular complexity index is 465. The van der Waals surface area contributed by atoms with Gasteiger partial charge in [-0.15, -0.1) is 0 Å². The van der Waals surface area contributed by atoms with Crippen molar-refractivity contribution in [2.24, 2.45) is 0 Å². The van der Waals surface area contributed by atoms with Gasteiger partial charge in [-0.05, 0) is 25.3 Å². The lowest BCUT2D eigenvalue weighted by atomic mass is 10.1. The number of sulfone groups is 1. The van der Waals surface area contributed by atoms with Crippen LogP contribution in [0.25, 0.3) is 0 Å². The largest absolute Gasteiger partial charge is 0.311 e. The van der Waals surface area contributed by atoms with Crippen LogP contribution in [-0.4, -0.2) is 26.0 Å². The topological polar surface area (TPSA) is 46.2 Å². The molecule has 0 bridgehead atoms. The zero-order valence-corrected chi connectivity index (χ0v) is 11.0. The second-order valence-electron chi connectivity index (χ2n) is 4.75. The first kappa shape index (κ1) is 12.6. The third kappa shape index (κ3) is 3.30. The molecule has 1 atom stereocenters. The zero-order valence-electron chi connectivity index (χ0n) is 10.1. The number of rotatable bonds is 4. The molecule has 2 rings (SSSR count). The molecule has 1 heterocycles. The van der Waals surface area contributed by atoms with Crippen molar-refractivity contribution in [2.45, 2.75) is 31.6 Å². The third-order valence-corrected chi connectivity index (χ3v) is 5.56. The zero-order chi connectivity index (χ0) is 12.3. The van der Waals surface area contributed by atoms with Crippen LogP contribution in [-0.2, 0) is 16.4 Å². The van der Waals surface area contributed by atoms with Gasteiger partial charge >= 0.3 is 0 Å². The van der Waals surface area contributed by atoms with Crippen LogP contribution in [0.5, 0.6) is 0 Å². The highest BCUT2D eigenvalue weighted by molar-refractivity contribution is 7.92. The van der Waals surface area contributed by atoms with E-state index >= 15 is 0 Å². The predicted octanol–water partition coefficient (Wildman–Crippen LogP) is 1.66. The third-order valence-electron chi connectivity index (χ3n) is 3.28. The minimum Gasteiger partial charge on any atom is -0.311 e. The average molecular weight is 253 g/mol. The van der Waals surface area contributed by atoms with Gasteiger partial charge in [-0.1, -0.05) is 29.8 Å². The summed E-state index contributed by atoms with van der Waals surface area (Å²) < 4.78 is 23.2. The lowest BCUT2D eigenvalue weighted by Gasteiger charge is -2.10. The Morgan fingerprint density at radius 3 is 2.59 bits per heavy atom. The van der Waals surface area contributed by atoms with E-state index in [0.29, 0.717) is 12.3 Å². The Hall–Kier alpha value is -0.870. The smallest absolute Gasteiger partial charge is 0.154 e. The molecular formula is C13H19NO2S. The van der Waals surface area contributed by atoms with E-state index in [1.165, 1.54) is 11.1 Å². The summed E-state index contributed by atoms with van der Waals surface area (Å²) in [5.41, 5.74) is 2.44. The maximum absolute atomic E-state index is 11.6. The normalized spacial score (nSPS) is 22.8. The molecule has 3 nitrogen and oxygen atoms in total. The number of benzene rings is 1. The number of hydrogen-bond donors (Lipinski definition) is 1. The van der Waals surface area contributed by atoms with E-state index in [-0.39, 0.29) is 5.25 Å². The van der Waals surface area contributed by atoms with Crippen molar-refractivity contribution in [1.82, 2.24) is 5.32 Å². The van der Waals surface area contributed by atoms with Crippen LogP contribution >= 0.6 is 0 Å². The quantitative estimate of drug-likeness (QED) is 0.887. The van der Waals surface area contributed by atoms with E-state index in [2.05, 4.69) is 36.5 Å². The number of nitrogens with one attached hydrogen (secondary N) is 1. The van der Waals surface area contributed by atoms with Crippen LogP contribution in [0, 0.1) is 6.92 Å². The number of hydrogen-bond acceptors (Lipinski definition) is 3. The highest BCUT2D eigenvalue weighted by Crippen LogP contribution is 2.19. The molecule has 17 heavy (non-hydrogen) atoms. The minimum atomic E-state index is -2.81. The van der Waals surface area contributed by atoms with E-state index in [1.807, 2.05) is 0 Å². The van der Waals surface area contributed by atoms with Gasteiger partial charge in [0.2, 0.25) is 0 Å².